The van der Waals surface area contributed by atoms with Crippen LogP contribution in [-0.4, -0.2) is 0 Å². The summed E-state index contributed by atoms with van der Waals surface area (Å²) in [6.07, 6.45) is 0. The minimum absolute atomic E-state index is 0.391. The van der Waals surface area contributed by atoms with Crippen LogP contribution < -0.4 is 5.32 Å². The first-order valence-electron chi connectivity index (χ1n) is 5.04. The zero-order valence-electron chi connectivity index (χ0n) is 8.84. The van der Waals surface area contributed by atoms with E-state index in [4.69, 9.17) is 0 Å². The molecule has 0 spiro atoms. The second-order valence-corrected chi connectivity index (χ2v) is 6.09. The van der Waals surface area contributed by atoms with Crippen LogP contribution in [0, 0.1) is 11.6 Å². The van der Waals surface area contributed by atoms with E-state index in [-0.39, 0.29) is 0 Å². The summed E-state index contributed by atoms with van der Waals surface area (Å²) in [6.45, 7) is 1.06. The third kappa shape index (κ3) is 3.59. The number of halogens is 3. The standard InChI is InChI=1S/C12H10BrF2NS/c13-12-4-3-10(17-12)7-16-6-8-1-2-9(14)5-11(8)15/h1-5,16H,6-7H2. The van der Waals surface area contributed by atoms with Gasteiger partial charge in [-0.1, -0.05) is 6.07 Å². The maximum absolute atomic E-state index is 13.3. The largest absolute Gasteiger partial charge is 0.308 e. The molecule has 1 aromatic carbocycles. The fraction of sp³-hybridized carbons (Fsp3) is 0.167. The molecule has 0 bridgehead atoms. The smallest absolute Gasteiger partial charge is 0.130 e. The Kier molecular flexibility index (Phi) is 4.25. The summed E-state index contributed by atoms with van der Waals surface area (Å²) in [5.74, 6) is -1.06. The van der Waals surface area contributed by atoms with Crippen molar-refractivity contribution in [3.63, 3.8) is 0 Å². The molecule has 0 atom stereocenters. The van der Waals surface area contributed by atoms with Gasteiger partial charge in [0.25, 0.3) is 0 Å². The fourth-order valence-corrected chi connectivity index (χ4v) is 2.88. The summed E-state index contributed by atoms with van der Waals surface area (Å²) in [6, 6.07) is 7.60. The van der Waals surface area contributed by atoms with Gasteiger partial charge in [0.05, 0.1) is 3.79 Å². The van der Waals surface area contributed by atoms with Crippen molar-refractivity contribution in [1.82, 2.24) is 5.32 Å². The Morgan fingerprint density at radius 1 is 1.12 bits per heavy atom. The van der Waals surface area contributed by atoms with Crippen molar-refractivity contribution in [2.45, 2.75) is 13.1 Å². The number of nitrogens with one attached hydrogen (secondary N) is 1. The van der Waals surface area contributed by atoms with E-state index in [9.17, 15) is 8.78 Å². The van der Waals surface area contributed by atoms with Gasteiger partial charge >= 0.3 is 0 Å². The molecule has 0 radical (unpaired) electrons. The van der Waals surface area contributed by atoms with E-state index in [1.807, 2.05) is 12.1 Å². The van der Waals surface area contributed by atoms with Crippen LogP contribution in [0.2, 0.25) is 0 Å². The van der Waals surface area contributed by atoms with Crippen molar-refractivity contribution < 1.29 is 8.78 Å². The minimum Gasteiger partial charge on any atom is -0.308 e. The predicted octanol–water partition coefficient (Wildman–Crippen LogP) is 4.08. The van der Waals surface area contributed by atoms with E-state index in [0.29, 0.717) is 18.7 Å². The van der Waals surface area contributed by atoms with Crippen LogP contribution in [0.4, 0.5) is 8.78 Å². The lowest BCUT2D eigenvalue weighted by Crippen LogP contribution is -2.12. The number of hydrogen-bond acceptors (Lipinski definition) is 2. The molecule has 1 nitrogen and oxygen atoms in total. The first-order chi connectivity index (χ1) is 8.15. The third-order valence-electron chi connectivity index (χ3n) is 2.26. The molecule has 0 fully saturated rings. The molecule has 0 saturated carbocycles. The zero-order chi connectivity index (χ0) is 12.3. The Labute approximate surface area is 111 Å². The molecular formula is C12H10BrF2NS. The van der Waals surface area contributed by atoms with E-state index < -0.39 is 11.6 Å². The predicted molar refractivity (Wildman–Crippen MR) is 68.9 cm³/mol. The van der Waals surface area contributed by atoms with Gasteiger partial charge in [0, 0.05) is 29.6 Å². The summed E-state index contributed by atoms with van der Waals surface area (Å²) in [4.78, 5) is 1.17. The van der Waals surface area contributed by atoms with Crippen molar-refractivity contribution >= 4 is 27.3 Å². The van der Waals surface area contributed by atoms with Gasteiger partial charge in [-0.2, -0.15) is 0 Å². The maximum atomic E-state index is 13.3. The summed E-state index contributed by atoms with van der Waals surface area (Å²) in [5, 5.41) is 3.12. The van der Waals surface area contributed by atoms with Crippen LogP contribution in [0.3, 0.4) is 0 Å². The molecule has 2 rings (SSSR count). The summed E-state index contributed by atoms with van der Waals surface area (Å²) < 4.78 is 27.0. The highest BCUT2D eigenvalue weighted by Crippen LogP contribution is 2.21. The van der Waals surface area contributed by atoms with Gasteiger partial charge in [0.1, 0.15) is 11.6 Å². The van der Waals surface area contributed by atoms with Crippen LogP contribution in [-0.2, 0) is 13.1 Å². The van der Waals surface area contributed by atoms with Crippen LogP contribution in [0.1, 0.15) is 10.4 Å². The highest BCUT2D eigenvalue weighted by molar-refractivity contribution is 9.11. The normalized spacial score (nSPS) is 10.8. The molecule has 17 heavy (non-hydrogen) atoms. The van der Waals surface area contributed by atoms with E-state index in [1.165, 1.54) is 17.0 Å². The number of hydrogen-bond donors (Lipinski definition) is 1. The second kappa shape index (κ2) is 5.71. The van der Waals surface area contributed by atoms with Gasteiger partial charge in [-0.05, 0) is 34.1 Å². The Bertz CT molecular complexity index is 513. The highest BCUT2D eigenvalue weighted by atomic mass is 79.9. The summed E-state index contributed by atoms with van der Waals surface area (Å²) in [5.41, 5.74) is 0.474. The molecule has 0 saturated heterocycles. The lowest BCUT2D eigenvalue weighted by molar-refractivity contribution is 0.560. The van der Waals surface area contributed by atoms with Crippen LogP contribution in [0.15, 0.2) is 34.1 Å². The van der Waals surface area contributed by atoms with E-state index in [0.717, 1.165) is 9.85 Å². The molecule has 1 N–H and O–H groups in total. The average Bonchev–Trinajstić information content (AvgIpc) is 2.68. The van der Waals surface area contributed by atoms with Crippen molar-refractivity contribution in [1.29, 1.82) is 0 Å². The van der Waals surface area contributed by atoms with E-state index in [2.05, 4.69) is 21.2 Å². The lowest BCUT2D eigenvalue weighted by atomic mass is 10.2. The molecule has 1 heterocycles. The van der Waals surface area contributed by atoms with Crippen LogP contribution in [0.25, 0.3) is 0 Å². The van der Waals surface area contributed by atoms with Gasteiger partial charge in [-0.3, -0.25) is 0 Å². The molecule has 0 aliphatic carbocycles. The number of benzene rings is 1. The Hall–Kier alpha value is -0.780. The van der Waals surface area contributed by atoms with Crippen molar-refractivity contribution in [2.24, 2.45) is 0 Å². The van der Waals surface area contributed by atoms with Gasteiger partial charge in [-0.15, -0.1) is 11.3 Å². The van der Waals surface area contributed by atoms with Crippen molar-refractivity contribution in [2.75, 3.05) is 0 Å². The summed E-state index contributed by atoms with van der Waals surface area (Å²) >= 11 is 5.01. The van der Waals surface area contributed by atoms with E-state index >= 15 is 0 Å². The van der Waals surface area contributed by atoms with Crippen molar-refractivity contribution in [3.8, 4) is 0 Å². The fourth-order valence-electron chi connectivity index (χ4n) is 1.43. The Balaban J connectivity index is 1.90. The Morgan fingerprint density at radius 2 is 1.94 bits per heavy atom. The van der Waals surface area contributed by atoms with Crippen LogP contribution in [0.5, 0.6) is 0 Å². The SMILES string of the molecule is Fc1ccc(CNCc2ccc(Br)s2)c(F)c1. The molecule has 2 aromatic rings. The monoisotopic (exact) mass is 317 g/mol. The molecule has 0 aliphatic heterocycles. The lowest BCUT2D eigenvalue weighted by Gasteiger charge is -2.04. The second-order valence-electron chi connectivity index (χ2n) is 3.55. The first-order valence-corrected chi connectivity index (χ1v) is 6.65. The number of rotatable bonds is 4. The molecular weight excluding hydrogens is 308 g/mol. The van der Waals surface area contributed by atoms with E-state index in [1.54, 1.807) is 11.3 Å². The minimum atomic E-state index is -0.548. The molecule has 5 heteroatoms. The van der Waals surface area contributed by atoms with Crippen LogP contribution >= 0.6 is 27.3 Å². The van der Waals surface area contributed by atoms with Gasteiger partial charge in [0.15, 0.2) is 0 Å². The van der Waals surface area contributed by atoms with Gasteiger partial charge in [-0.25, -0.2) is 8.78 Å². The number of thiophene rings is 1. The Morgan fingerprint density at radius 3 is 2.59 bits per heavy atom. The summed E-state index contributed by atoms with van der Waals surface area (Å²) in [7, 11) is 0. The quantitative estimate of drug-likeness (QED) is 0.896. The first kappa shape index (κ1) is 12.7. The molecule has 1 aromatic heterocycles. The highest BCUT2D eigenvalue weighted by Gasteiger charge is 2.03. The van der Waals surface area contributed by atoms with Gasteiger partial charge in [0.2, 0.25) is 0 Å². The van der Waals surface area contributed by atoms with Gasteiger partial charge < -0.3 is 5.32 Å². The maximum Gasteiger partial charge on any atom is 0.130 e. The molecule has 0 unspecified atom stereocenters. The zero-order valence-corrected chi connectivity index (χ0v) is 11.2. The molecule has 0 aliphatic rings. The third-order valence-corrected chi connectivity index (χ3v) is 3.88. The van der Waals surface area contributed by atoms with Crippen molar-refractivity contribution in [3.05, 3.63) is 56.2 Å². The molecule has 0 amide bonds. The average molecular weight is 318 g/mol. The molecule has 90 valence electrons. The topological polar surface area (TPSA) is 12.0 Å².